The summed E-state index contributed by atoms with van der Waals surface area (Å²) < 4.78 is 7.34. The smallest absolute Gasteiger partial charge is 0.330 e. The molecule has 0 radical (unpaired) electrons. The average Bonchev–Trinajstić information content (AvgIpc) is 2.79. The zero-order chi connectivity index (χ0) is 13.1. The van der Waals surface area contributed by atoms with Crippen LogP contribution in [0.4, 0.5) is 0 Å². The highest BCUT2D eigenvalue weighted by Gasteiger charge is 2.27. The molecule has 5 nitrogen and oxygen atoms in total. The standard InChI is InChI=1S/C12H18N2O3S/c1-3-18-7-9-4-5-10(17-9)14-6-8(2)11(15)13-12(14)16/h6,9-10H,3-5,7H2,1-2H3,(H,13,15,16)/t9-,10+/m0/s1. The van der Waals surface area contributed by atoms with Crippen LogP contribution in [0.15, 0.2) is 15.8 Å². The fraction of sp³-hybridized carbons (Fsp3) is 0.667. The van der Waals surface area contributed by atoms with Crippen molar-refractivity contribution in [3.05, 3.63) is 32.6 Å². The van der Waals surface area contributed by atoms with Crippen molar-refractivity contribution in [2.75, 3.05) is 11.5 Å². The predicted octanol–water partition coefficient (Wildman–Crippen LogP) is 1.28. The fourth-order valence-electron chi connectivity index (χ4n) is 2.06. The number of H-pyrrole nitrogens is 1. The normalized spacial score (nSPS) is 23.4. The summed E-state index contributed by atoms with van der Waals surface area (Å²) in [7, 11) is 0. The molecule has 1 aliphatic rings. The van der Waals surface area contributed by atoms with Crippen molar-refractivity contribution in [3.8, 4) is 0 Å². The van der Waals surface area contributed by atoms with Gasteiger partial charge in [-0.25, -0.2) is 4.79 Å². The van der Waals surface area contributed by atoms with Crippen molar-refractivity contribution in [2.24, 2.45) is 0 Å². The van der Waals surface area contributed by atoms with Gasteiger partial charge in [-0.15, -0.1) is 0 Å². The lowest BCUT2D eigenvalue weighted by molar-refractivity contribution is 0.00991. The van der Waals surface area contributed by atoms with Crippen LogP contribution in [-0.2, 0) is 4.74 Å². The molecule has 2 heterocycles. The first-order chi connectivity index (χ1) is 8.61. The summed E-state index contributed by atoms with van der Waals surface area (Å²) >= 11 is 1.84. The van der Waals surface area contributed by atoms with Gasteiger partial charge in [0.25, 0.3) is 5.56 Å². The maximum Gasteiger partial charge on any atom is 0.330 e. The highest BCUT2D eigenvalue weighted by Crippen LogP contribution is 2.28. The van der Waals surface area contributed by atoms with Gasteiger partial charge in [0, 0.05) is 17.5 Å². The highest BCUT2D eigenvalue weighted by molar-refractivity contribution is 7.99. The lowest BCUT2D eigenvalue weighted by atomic mass is 10.2. The van der Waals surface area contributed by atoms with Gasteiger partial charge in [0.05, 0.1) is 6.10 Å². The van der Waals surface area contributed by atoms with Crippen LogP contribution >= 0.6 is 11.8 Å². The summed E-state index contributed by atoms with van der Waals surface area (Å²) in [4.78, 5) is 25.3. The Kier molecular flexibility index (Phi) is 4.29. The van der Waals surface area contributed by atoms with Crippen molar-refractivity contribution in [3.63, 3.8) is 0 Å². The maximum absolute atomic E-state index is 11.7. The van der Waals surface area contributed by atoms with Gasteiger partial charge >= 0.3 is 5.69 Å². The second-order valence-corrected chi connectivity index (χ2v) is 5.75. The van der Waals surface area contributed by atoms with Crippen LogP contribution in [0.25, 0.3) is 0 Å². The molecule has 0 saturated carbocycles. The first-order valence-electron chi connectivity index (χ1n) is 6.17. The van der Waals surface area contributed by atoms with Gasteiger partial charge in [0.15, 0.2) is 0 Å². The van der Waals surface area contributed by atoms with E-state index in [2.05, 4.69) is 11.9 Å². The second-order valence-electron chi connectivity index (χ2n) is 4.43. The van der Waals surface area contributed by atoms with Crippen LogP contribution in [0.2, 0.25) is 0 Å². The highest BCUT2D eigenvalue weighted by atomic mass is 32.2. The summed E-state index contributed by atoms with van der Waals surface area (Å²) in [5.74, 6) is 2.03. The summed E-state index contributed by atoms with van der Waals surface area (Å²) in [5.41, 5.74) is -0.184. The molecule has 1 aromatic rings. The van der Waals surface area contributed by atoms with Gasteiger partial charge in [-0.2, -0.15) is 11.8 Å². The number of aryl methyl sites for hydroxylation is 1. The zero-order valence-corrected chi connectivity index (χ0v) is 11.5. The summed E-state index contributed by atoms with van der Waals surface area (Å²) in [6, 6.07) is 0. The van der Waals surface area contributed by atoms with E-state index in [1.165, 1.54) is 4.57 Å². The Morgan fingerprint density at radius 1 is 1.50 bits per heavy atom. The Labute approximate surface area is 110 Å². The molecule has 1 aliphatic heterocycles. The van der Waals surface area contributed by atoms with Crippen LogP contribution in [0.3, 0.4) is 0 Å². The molecule has 1 N–H and O–H groups in total. The second kappa shape index (κ2) is 5.75. The van der Waals surface area contributed by atoms with E-state index >= 15 is 0 Å². The Morgan fingerprint density at radius 3 is 3.00 bits per heavy atom. The SMILES string of the molecule is CCSC[C@@H]1CC[C@H](n2cc(C)c(=O)[nH]c2=O)O1. The van der Waals surface area contributed by atoms with E-state index in [9.17, 15) is 9.59 Å². The first-order valence-corrected chi connectivity index (χ1v) is 7.32. The van der Waals surface area contributed by atoms with Crippen molar-refractivity contribution >= 4 is 11.8 Å². The molecule has 0 bridgehead atoms. The van der Waals surface area contributed by atoms with Crippen molar-refractivity contribution < 1.29 is 4.74 Å². The minimum Gasteiger partial charge on any atom is -0.354 e. The van der Waals surface area contributed by atoms with E-state index in [4.69, 9.17) is 4.74 Å². The van der Waals surface area contributed by atoms with Crippen LogP contribution in [-0.4, -0.2) is 27.2 Å². The molecule has 1 fully saturated rings. The number of hydrogen-bond donors (Lipinski definition) is 1. The minimum absolute atomic E-state index is 0.207. The van der Waals surface area contributed by atoms with Crippen molar-refractivity contribution in [2.45, 2.75) is 39.0 Å². The molecular weight excluding hydrogens is 252 g/mol. The Balaban J connectivity index is 2.12. The van der Waals surface area contributed by atoms with Crippen LogP contribution in [0.5, 0.6) is 0 Å². The van der Waals surface area contributed by atoms with E-state index in [-0.39, 0.29) is 23.6 Å². The topological polar surface area (TPSA) is 64.1 Å². The number of thioether (sulfide) groups is 1. The number of aromatic nitrogens is 2. The Bertz CT molecular complexity index is 523. The predicted molar refractivity (Wildman–Crippen MR) is 72.2 cm³/mol. The number of rotatable bonds is 4. The maximum atomic E-state index is 11.7. The number of nitrogens with one attached hydrogen (secondary N) is 1. The van der Waals surface area contributed by atoms with Crippen LogP contribution < -0.4 is 11.2 Å². The van der Waals surface area contributed by atoms with Crippen molar-refractivity contribution in [1.29, 1.82) is 0 Å². The molecule has 1 aromatic heterocycles. The molecule has 2 rings (SSSR count). The monoisotopic (exact) mass is 270 g/mol. The molecule has 18 heavy (non-hydrogen) atoms. The molecule has 2 atom stereocenters. The molecule has 100 valence electrons. The third-order valence-corrected chi connectivity index (χ3v) is 4.06. The summed E-state index contributed by atoms with van der Waals surface area (Å²) in [5, 5.41) is 0. The molecule has 0 unspecified atom stereocenters. The van der Waals surface area contributed by atoms with Gasteiger partial charge < -0.3 is 4.74 Å². The summed E-state index contributed by atoms with van der Waals surface area (Å²) in [6.45, 7) is 3.81. The molecule has 6 heteroatoms. The number of hydrogen-bond acceptors (Lipinski definition) is 4. The third-order valence-electron chi connectivity index (χ3n) is 3.05. The van der Waals surface area contributed by atoms with Gasteiger partial charge in [-0.1, -0.05) is 6.92 Å². The molecular formula is C12H18N2O3S. The number of nitrogens with zero attached hydrogens (tertiary/aromatic N) is 1. The molecule has 1 saturated heterocycles. The van der Waals surface area contributed by atoms with Crippen LogP contribution in [0.1, 0.15) is 31.6 Å². The molecule has 0 aliphatic carbocycles. The quantitative estimate of drug-likeness (QED) is 0.895. The van der Waals surface area contributed by atoms with E-state index in [0.29, 0.717) is 5.56 Å². The Morgan fingerprint density at radius 2 is 2.28 bits per heavy atom. The van der Waals surface area contributed by atoms with Gasteiger partial charge in [0.2, 0.25) is 0 Å². The van der Waals surface area contributed by atoms with E-state index < -0.39 is 0 Å². The van der Waals surface area contributed by atoms with Gasteiger partial charge in [0.1, 0.15) is 6.23 Å². The minimum atomic E-state index is -0.389. The summed E-state index contributed by atoms with van der Waals surface area (Å²) in [6.07, 6.45) is 3.33. The van der Waals surface area contributed by atoms with Gasteiger partial charge in [-0.3, -0.25) is 14.3 Å². The van der Waals surface area contributed by atoms with Crippen LogP contribution in [0, 0.1) is 6.92 Å². The van der Waals surface area contributed by atoms with Gasteiger partial charge in [-0.05, 0) is 25.5 Å². The lowest BCUT2D eigenvalue weighted by Crippen LogP contribution is -2.33. The van der Waals surface area contributed by atoms with Crippen molar-refractivity contribution in [1.82, 2.24) is 9.55 Å². The number of aromatic amines is 1. The fourth-order valence-corrected chi connectivity index (χ4v) is 2.81. The Hall–Kier alpha value is -1.01. The molecule has 0 spiro atoms. The largest absolute Gasteiger partial charge is 0.354 e. The third kappa shape index (κ3) is 2.87. The van der Waals surface area contributed by atoms with E-state index in [1.807, 2.05) is 11.8 Å². The van der Waals surface area contributed by atoms with E-state index in [0.717, 1.165) is 24.3 Å². The zero-order valence-electron chi connectivity index (χ0n) is 10.6. The first kappa shape index (κ1) is 13.4. The molecule has 0 aromatic carbocycles. The number of ether oxygens (including phenoxy) is 1. The lowest BCUT2D eigenvalue weighted by Gasteiger charge is -2.15. The average molecular weight is 270 g/mol. The van der Waals surface area contributed by atoms with E-state index in [1.54, 1.807) is 13.1 Å². The molecule has 0 amide bonds.